The summed E-state index contributed by atoms with van der Waals surface area (Å²) < 4.78 is 11.6. The molecule has 54 heavy (non-hydrogen) atoms. The first-order valence-corrected chi connectivity index (χ1v) is 22.8. The van der Waals surface area contributed by atoms with E-state index >= 15 is 0 Å². The van der Waals surface area contributed by atoms with Gasteiger partial charge in [-0.3, -0.25) is 19.2 Å². The number of aliphatic carboxylic acids is 2. The Kier molecular flexibility index (Phi) is 33.7. The topological polar surface area (TPSA) is 139 Å². The molecule has 0 spiro atoms. The van der Waals surface area contributed by atoms with Crippen LogP contribution in [0, 0.1) is 5.92 Å². The SMILES string of the molecule is CCCCCCCCCCCCC(CCCOC(=O)CCCCC(CCCCCCCCC(=O)O)CCCCCCCCC(=O)O)OC(=O)[C@@H]1CCCN1. The molecule has 1 fully saturated rings. The van der Waals surface area contributed by atoms with Gasteiger partial charge in [0, 0.05) is 19.3 Å². The van der Waals surface area contributed by atoms with Crippen LogP contribution in [0.25, 0.3) is 0 Å². The first-order valence-electron chi connectivity index (χ1n) is 22.8. The summed E-state index contributed by atoms with van der Waals surface area (Å²) in [6.07, 6.45) is 36.1. The third-order valence-corrected chi connectivity index (χ3v) is 11.2. The second kappa shape index (κ2) is 36.5. The molecule has 1 unspecified atom stereocenters. The lowest BCUT2D eigenvalue weighted by Crippen LogP contribution is -2.35. The number of esters is 2. The van der Waals surface area contributed by atoms with Crippen LogP contribution < -0.4 is 5.32 Å². The van der Waals surface area contributed by atoms with Crippen LogP contribution in [-0.4, -0.2) is 59.4 Å². The van der Waals surface area contributed by atoms with E-state index in [1.165, 1.54) is 96.3 Å². The highest BCUT2D eigenvalue weighted by atomic mass is 16.5. The van der Waals surface area contributed by atoms with Gasteiger partial charge in [-0.1, -0.05) is 155 Å². The zero-order chi connectivity index (χ0) is 39.3. The van der Waals surface area contributed by atoms with Gasteiger partial charge in [-0.05, 0) is 70.3 Å². The third-order valence-electron chi connectivity index (χ3n) is 11.2. The van der Waals surface area contributed by atoms with Gasteiger partial charge in [-0.25, -0.2) is 0 Å². The van der Waals surface area contributed by atoms with Gasteiger partial charge in [0.15, 0.2) is 0 Å². The molecule has 0 aliphatic carbocycles. The summed E-state index contributed by atoms with van der Waals surface area (Å²) in [6, 6.07) is -0.179. The third kappa shape index (κ3) is 32.1. The number of hydrogen-bond donors (Lipinski definition) is 3. The number of rotatable bonds is 40. The van der Waals surface area contributed by atoms with E-state index in [2.05, 4.69) is 12.2 Å². The predicted octanol–water partition coefficient (Wildman–Crippen LogP) is 11.9. The van der Waals surface area contributed by atoms with Crippen molar-refractivity contribution in [3.05, 3.63) is 0 Å². The summed E-state index contributed by atoms with van der Waals surface area (Å²) in [5.74, 6) is -1.01. The van der Waals surface area contributed by atoms with Crippen molar-refractivity contribution in [1.29, 1.82) is 0 Å². The van der Waals surface area contributed by atoms with Crippen molar-refractivity contribution >= 4 is 23.9 Å². The monoisotopic (exact) mass is 766 g/mol. The maximum Gasteiger partial charge on any atom is 0.323 e. The van der Waals surface area contributed by atoms with Crippen LogP contribution in [0.4, 0.5) is 0 Å². The molecule has 1 heterocycles. The van der Waals surface area contributed by atoms with Crippen LogP contribution in [0.1, 0.15) is 232 Å². The van der Waals surface area contributed by atoms with Gasteiger partial charge in [0.25, 0.3) is 0 Å². The summed E-state index contributed by atoms with van der Waals surface area (Å²) >= 11 is 0. The smallest absolute Gasteiger partial charge is 0.323 e. The lowest BCUT2D eigenvalue weighted by atomic mass is 9.89. The molecule has 9 heteroatoms. The lowest BCUT2D eigenvalue weighted by molar-refractivity contribution is -0.153. The maximum atomic E-state index is 12.8. The number of nitrogens with one attached hydrogen (secondary N) is 1. The van der Waals surface area contributed by atoms with Crippen molar-refractivity contribution in [2.45, 2.75) is 244 Å². The molecule has 0 radical (unpaired) electrons. The summed E-state index contributed by atoms with van der Waals surface area (Å²) in [5, 5.41) is 20.9. The fourth-order valence-corrected chi connectivity index (χ4v) is 7.79. The summed E-state index contributed by atoms with van der Waals surface area (Å²) in [6.45, 7) is 3.51. The first-order chi connectivity index (χ1) is 26.3. The fraction of sp³-hybridized carbons (Fsp3) is 0.911. The summed E-state index contributed by atoms with van der Waals surface area (Å²) in [4.78, 5) is 46.8. The maximum absolute atomic E-state index is 12.8. The Labute approximate surface area is 330 Å². The van der Waals surface area contributed by atoms with Gasteiger partial charge in [0.05, 0.1) is 6.61 Å². The highest BCUT2D eigenvalue weighted by Crippen LogP contribution is 2.25. The number of carbonyl (C=O) groups is 4. The number of ether oxygens (including phenoxy) is 2. The number of carboxylic acids is 2. The minimum Gasteiger partial charge on any atom is -0.481 e. The van der Waals surface area contributed by atoms with Crippen molar-refractivity contribution in [3.63, 3.8) is 0 Å². The van der Waals surface area contributed by atoms with Gasteiger partial charge in [0.1, 0.15) is 12.1 Å². The molecule has 0 aromatic carbocycles. The molecule has 1 aliphatic rings. The van der Waals surface area contributed by atoms with Crippen molar-refractivity contribution in [3.8, 4) is 0 Å². The molecule has 0 amide bonds. The van der Waals surface area contributed by atoms with Crippen molar-refractivity contribution < 1.29 is 38.9 Å². The molecular formula is C45H83NO8. The van der Waals surface area contributed by atoms with Crippen LogP contribution in [0.2, 0.25) is 0 Å². The van der Waals surface area contributed by atoms with Crippen LogP contribution in [0.15, 0.2) is 0 Å². The highest BCUT2D eigenvalue weighted by molar-refractivity contribution is 5.76. The van der Waals surface area contributed by atoms with E-state index in [-0.39, 0.29) is 36.9 Å². The molecule has 0 saturated carbocycles. The minimum absolute atomic E-state index is 0.113. The highest BCUT2D eigenvalue weighted by Gasteiger charge is 2.26. The second-order valence-electron chi connectivity index (χ2n) is 16.3. The zero-order valence-electron chi connectivity index (χ0n) is 34.7. The Morgan fingerprint density at radius 2 is 0.981 bits per heavy atom. The van der Waals surface area contributed by atoms with Gasteiger partial charge in [-0.15, -0.1) is 0 Å². The van der Waals surface area contributed by atoms with E-state index in [0.29, 0.717) is 25.4 Å². The van der Waals surface area contributed by atoms with Gasteiger partial charge < -0.3 is 25.0 Å². The lowest BCUT2D eigenvalue weighted by Gasteiger charge is -2.20. The van der Waals surface area contributed by atoms with Crippen molar-refractivity contribution in [2.75, 3.05) is 13.2 Å². The Morgan fingerprint density at radius 3 is 1.46 bits per heavy atom. The Bertz CT molecular complexity index is 891. The normalized spacial score (nSPS) is 14.7. The van der Waals surface area contributed by atoms with Crippen LogP contribution >= 0.6 is 0 Å². The molecule has 1 saturated heterocycles. The standard InChI is InChI=1S/C45H83NO8/c1-2-3-4-5-6-7-8-9-16-21-31-40(54-45(52)41-33-26-37-46-41)32-27-38-53-44(51)36-25-24-30-39(28-19-14-10-12-17-22-34-42(47)48)29-20-15-11-13-18-23-35-43(49)50/h39-41,46H,2-38H2,1H3,(H,47,48)(H,49,50)/t40?,41-/m0/s1. The van der Waals surface area contributed by atoms with E-state index in [4.69, 9.17) is 19.7 Å². The average molecular weight is 766 g/mol. The fourth-order valence-electron chi connectivity index (χ4n) is 7.79. The number of carbonyl (C=O) groups excluding carboxylic acids is 2. The van der Waals surface area contributed by atoms with Crippen LogP contribution in [-0.2, 0) is 28.7 Å². The largest absolute Gasteiger partial charge is 0.481 e. The molecule has 9 nitrogen and oxygen atoms in total. The second-order valence-corrected chi connectivity index (χ2v) is 16.3. The minimum atomic E-state index is -0.707. The van der Waals surface area contributed by atoms with E-state index in [9.17, 15) is 19.2 Å². The molecule has 3 N–H and O–H groups in total. The molecule has 2 atom stereocenters. The van der Waals surface area contributed by atoms with Crippen molar-refractivity contribution in [2.24, 2.45) is 5.92 Å². The molecular weight excluding hydrogens is 682 g/mol. The van der Waals surface area contributed by atoms with Gasteiger partial charge in [0.2, 0.25) is 0 Å². The molecule has 0 aromatic rings. The van der Waals surface area contributed by atoms with E-state index in [1.54, 1.807) is 0 Å². The quantitative estimate of drug-likeness (QED) is 0.0411. The van der Waals surface area contributed by atoms with Crippen LogP contribution in [0.5, 0.6) is 0 Å². The van der Waals surface area contributed by atoms with Crippen molar-refractivity contribution in [1.82, 2.24) is 5.32 Å². The Hall–Kier alpha value is -2.16. The molecule has 1 rings (SSSR count). The van der Waals surface area contributed by atoms with Gasteiger partial charge in [-0.2, -0.15) is 0 Å². The zero-order valence-corrected chi connectivity index (χ0v) is 34.7. The van der Waals surface area contributed by atoms with E-state index < -0.39 is 11.9 Å². The van der Waals surface area contributed by atoms with Gasteiger partial charge >= 0.3 is 23.9 Å². The van der Waals surface area contributed by atoms with E-state index in [1.807, 2.05) is 0 Å². The van der Waals surface area contributed by atoms with Crippen LogP contribution in [0.3, 0.4) is 0 Å². The van der Waals surface area contributed by atoms with E-state index in [0.717, 1.165) is 109 Å². The Balaban J connectivity index is 2.33. The number of hydrogen-bond acceptors (Lipinski definition) is 7. The molecule has 0 bridgehead atoms. The molecule has 316 valence electrons. The predicted molar refractivity (Wildman–Crippen MR) is 219 cm³/mol. The molecule has 1 aliphatic heterocycles. The number of unbranched alkanes of at least 4 members (excludes halogenated alkanes) is 20. The number of carboxylic acid groups (broad SMARTS) is 2. The average Bonchev–Trinajstić information content (AvgIpc) is 3.69. The molecule has 0 aromatic heterocycles. The summed E-state index contributed by atoms with van der Waals surface area (Å²) in [7, 11) is 0. The summed E-state index contributed by atoms with van der Waals surface area (Å²) in [5.41, 5.74) is 0. The first kappa shape index (κ1) is 49.9. The Morgan fingerprint density at radius 1 is 0.556 bits per heavy atom.